The standard InChI is InChI=1S/C33H39ClO4/c1-3-5-7-8-9-11-13-26-16-20-28(21-17-26)37-33(36)30-23-22-29(24-31(30)34)38-32(35)27-18-14-25(15-19-27)12-10-6-4-2/h14-24H,3-13H2,1-2H3. The van der Waals surface area contributed by atoms with Crippen molar-refractivity contribution in [2.24, 2.45) is 0 Å². The number of hydrogen-bond acceptors (Lipinski definition) is 4. The molecule has 5 heteroatoms. The van der Waals surface area contributed by atoms with Crippen LogP contribution in [-0.4, -0.2) is 11.9 Å². The van der Waals surface area contributed by atoms with Gasteiger partial charge < -0.3 is 9.47 Å². The molecule has 0 fully saturated rings. The van der Waals surface area contributed by atoms with Crippen LogP contribution >= 0.6 is 11.6 Å². The molecule has 0 radical (unpaired) electrons. The molecule has 3 rings (SSSR count). The minimum absolute atomic E-state index is 0.159. The molecule has 0 saturated carbocycles. The van der Waals surface area contributed by atoms with Gasteiger partial charge in [0.2, 0.25) is 0 Å². The van der Waals surface area contributed by atoms with Crippen LogP contribution in [0.2, 0.25) is 5.02 Å². The van der Waals surface area contributed by atoms with Crippen LogP contribution < -0.4 is 9.47 Å². The number of ether oxygens (including phenoxy) is 2. The maximum atomic E-state index is 12.7. The van der Waals surface area contributed by atoms with E-state index in [1.165, 1.54) is 74.6 Å². The van der Waals surface area contributed by atoms with Crippen LogP contribution in [0.4, 0.5) is 0 Å². The first-order chi connectivity index (χ1) is 18.5. The zero-order chi connectivity index (χ0) is 27.2. The van der Waals surface area contributed by atoms with E-state index in [-0.39, 0.29) is 16.3 Å². The van der Waals surface area contributed by atoms with Gasteiger partial charge in [-0.15, -0.1) is 0 Å². The van der Waals surface area contributed by atoms with Gasteiger partial charge in [0.05, 0.1) is 16.1 Å². The number of carbonyl (C=O) groups excluding carboxylic acids is 2. The van der Waals surface area contributed by atoms with E-state index < -0.39 is 11.9 Å². The molecule has 0 amide bonds. The maximum Gasteiger partial charge on any atom is 0.345 e. The van der Waals surface area contributed by atoms with Gasteiger partial charge in [0.1, 0.15) is 11.5 Å². The lowest BCUT2D eigenvalue weighted by Gasteiger charge is -2.09. The van der Waals surface area contributed by atoms with Crippen molar-refractivity contribution < 1.29 is 19.1 Å². The molecule has 3 aromatic rings. The minimum atomic E-state index is -0.560. The molecular weight excluding hydrogens is 496 g/mol. The molecule has 0 aliphatic heterocycles. The normalized spacial score (nSPS) is 10.8. The molecular formula is C33H39ClO4. The molecule has 0 atom stereocenters. The van der Waals surface area contributed by atoms with Gasteiger partial charge in [-0.1, -0.05) is 94.7 Å². The topological polar surface area (TPSA) is 52.6 Å². The van der Waals surface area contributed by atoms with Crippen LogP contribution in [0, 0.1) is 0 Å². The van der Waals surface area contributed by atoms with E-state index in [4.69, 9.17) is 21.1 Å². The van der Waals surface area contributed by atoms with Gasteiger partial charge >= 0.3 is 11.9 Å². The Morgan fingerprint density at radius 2 is 1.11 bits per heavy atom. The number of aryl methyl sites for hydroxylation is 2. The summed E-state index contributed by atoms with van der Waals surface area (Å²) >= 11 is 6.34. The van der Waals surface area contributed by atoms with Gasteiger partial charge in [0.25, 0.3) is 0 Å². The second-order valence-corrected chi connectivity index (χ2v) is 10.1. The van der Waals surface area contributed by atoms with Crippen molar-refractivity contribution in [2.45, 2.75) is 84.5 Å². The molecule has 0 aliphatic carbocycles. The fourth-order valence-electron chi connectivity index (χ4n) is 4.27. The van der Waals surface area contributed by atoms with E-state index in [1.807, 2.05) is 36.4 Å². The summed E-state index contributed by atoms with van der Waals surface area (Å²) in [5, 5.41) is 0.159. The first-order valence-electron chi connectivity index (χ1n) is 13.9. The van der Waals surface area contributed by atoms with Crippen LogP contribution in [0.15, 0.2) is 66.7 Å². The SMILES string of the molecule is CCCCCCCCc1ccc(OC(=O)c2ccc(OC(=O)c3ccc(CCCCC)cc3)cc2Cl)cc1. The molecule has 0 unspecified atom stereocenters. The average Bonchev–Trinajstić information content (AvgIpc) is 2.92. The third-order valence-corrected chi connectivity index (χ3v) is 6.90. The zero-order valence-electron chi connectivity index (χ0n) is 22.6. The quantitative estimate of drug-likeness (QED) is 0.111. The first-order valence-corrected chi connectivity index (χ1v) is 14.3. The van der Waals surface area contributed by atoms with Crippen LogP contribution in [0.25, 0.3) is 0 Å². The summed E-state index contributed by atoms with van der Waals surface area (Å²) in [6.07, 6.45) is 13.1. The molecule has 4 nitrogen and oxygen atoms in total. The zero-order valence-corrected chi connectivity index (χ0v) is 23.4. The van der Waals surface area contributed by atoms with Crippen molar-refractivity contribution in [3.63, 3.8) is 0 Å². The van der Waals surface area contributed by atoms with E-state index >= 15 is 0 Å². The van der Waals surface area contributed by atoms with Crippen molar-refractivity contribution in [1.82, 2.24) is 0 Å². The van der Waals surface area contributed by atoms with Gasteiger partial charge in [-0.25, -0.2) is 9.59 Å². The Hall–Kier alpha value is -3.11. The molecule has 0 N–H and O–H groups in total. The Morgan fingerprint density at radius 1 is 0.605 bits per heavy atom. The number of halogens is 1. The van der Waals surface area contributed by atoms with E-state index in [9.17, 15) is 9.59 Å². The molecule has 3 aromatic carbocycles. The predicted molar refractivity (Wildman–Crippen MR) is 155 cm³/mol. The summed E-state index contributed by atoms with van der Waals surface area (Å²) in [5.41, 5.74) is 3.10. The van der Waals surface area contributed by atoms with Gasteiger partial charge in [0.15, 0.2) is 0 Å². The molecule has 0 saturated heterocycles. The van der Waals surface area contributed by atoms with Gasteiger partial charge in [-0.2, -0.15) is 0 Å². The van der Waals surface area contributed by atoms with Gasteiger partial charge in [-0.05, 0) is 73.2 Å². The number of rotatable bonds is 15. The molecule has 0 bridgehead atoms. The summed E-state index contributed by atoms with van der Waals surface area (Å²) < 4.78 is 11.0. The highest BCUT2D eigenvalue weighted by atomic mass is 35.5. The van der Waals surface area contributed by atoms with E-state index in [2.05, 4.69) is 13.8 Å². The lowest BCUT2D eigenvalue weighted by atomic mass is 10.0. The highest BCUT2D eigenvalue weighted by Crippen LogP contribution is 2.25. The highest BCUT2D eigenvalue weighted by Gasteiger charge is 2.16. The van der Waals surface area contributed by atoms with Crippen LogP contribution in [0.5, 0.6) is 11.5 Å². The number of hydrogen-bond donors (Lipinski definition) is 0. The van der Waals surface area contributed by atoms with Crippen molar-refractivity contribution in [1.29, 1.82) is 0 Å². The van der Waals surface area contributed by atoms with Gasteiger partial charge in [0, 0.05) is 6.07 Å². The van der Waals surface area contributed by atoms with E-state index in [0.29, 0.717) is 11.3 Å². The second-order valence-electron chi connectivity index (χ2n) is 9.74. The molecule has 0 aromatic heterocycles. The van der Waals surface area contributed by atoms with E-state index in [0.717, 1.165) is 19.3 Å². The van der Waals surface area contributed by atoms with Crippen molar-refractivity contribution in [3.8, 4) is 11.5 Å². The maximum absolute atomic E-state index is 12.7. The third kappa shape index (κ3) is 9.64. The fraction of sp³-hybridized carbons (Fsp3) is 0.394. The second kappa shape index (κ2) is 16.0. The van der Waals surface area contributed by atoms with Gasteiger partial charge in [-0.3, -0.25) is 0 Å². The fourth-order valence-corrected chi connectivity index (χ4v) is 4.52. The Kier molecular flexibility index (Phi) is 12.4. The highest BCUT2D eigenvalue weighted by molar-refractivity contribution is 6.33. The summed E-state index contributed by atoms with van der Waals surface area (Å²) in [6, 6.07) is 19.6. The van der Waals surface area contributed by atoms with Crippen molar-refractivity contribution in [3.05, 3.63) is 94.0 Å². The molecule has 0 heterocycles. The summed E-state index contributed by atoms with van der Waals surface area (Å²) in [7, 11) is 0. The summed E-state index contributed by atoms with van der Waals surface area (Å²) in [4.78, 5) is 25.2. The van der Waals surface area contributed by atoms with Crippen LogP contribution in [0.3, 0.4) is 0 Å². The largest absolute Gasteiger partial charge is 0.423 e. The Balaban J connectivity index is 1.50. The van der Waals surface area contributed by atoms with Crippen molar-refractivity contribution >= 4 is 23.5 Å². The monoisotopic (exact) mass is 534 g/mol. The average molecular weight is 535 g/mol. The number of unbranched alkanes of at least 4 members (excludes halogenated alkanes) is 7. The Morgan fingerprint density at radius 3 is 1.74 bits per heavy atom. The molecule has 0 spiro atoms. The number of carbonyl (C=O) groups is 2. The lowest BCUT2D eigenvalue weighted by Crippen LogP contribution is -2.11. The first kappa shape index (κ1) is 29.4. The van der Waals surface area contributed by atoms with Crippen LogP contribution in [0.1, 0.15) is 103 Å². The summed E-state index contributed by atoms with van der Waals surface area (Å²) in [6.45, 7) is 4.40. The van der Waals surface area contributed by atoms with Crippen LogP contribution in [-0.2, 0) is 12.8 Å². The molecule has 38 heavy (non-hydrogen) atoms. The number of esters is 2. The number of benzene rings is 3. The third-order valence-electron chi connectivity index (χ3n) is 6.58. The smallest absolute Gasteiger partial charge is 0.345 e. The lowest BCUT2D eigenvalue weighted by molar-refractivity contribution is 0.0730. The Labute approximate surface area is 232 Å². The molecule has 202 valence electrons. The predicted octanol–water partition coefficient (Wildman–Crippen LogP) is 9.41. The minimum Gasteiger partial charge on any atom is -0.423 e. The Bertz CT molecular complexity index is 1150. The molecule has 0 aliphatic rings. The van der Waals surface area contributed by atoms with E-state index in [1.54, 1.807) is 18.2 Å². The van der Waals surface area contributed by atoms with Crippen molar-refractivity contribution in [2.75, 3.05) is 0 Å². The summed E-state index contributed by atoms with van der Waals surface area (Å²) in [5.74, 6) is -0.304.